The predicted octanol–water partition coefficient (Wildman–Crippen LogP) is 6.03. The number of nitrogens with zero attached hydrogens (tertiary/aromatic N) is 3. The third kappa shape index (κ3) is 6.04. The molecule has 1 amide bonds. The van der Waals surface area contributed by atoms with Crippen molar-refractivity contribution in [2.45, 2.75) is 77.5 Å². The van der Waals surface area contributed by atoms with E-state index in [-0.39, 0.29) is 18.1 Å². The van der Waals surface area contributed by atoms with Crippen LogP contribution < -0.4 is 9.47 Å². The molecule has 0 radical (unpaired) electrons. The minimum atomic E-state index is 0.0500. The standard InChI is InChI=1S/C31H39N3O4/c1-22-17-23(2)34(32-22)27-12-8-9-25(19-27)31(35)33(26-10-4-5-11-26)20-24-14-15-29(30(18-24)36-3)38-21-28-13-6-7-16-37-28/h8-9,12,14-15,17-19,26,28H,4-7,10-11,13,16,20-21H2,1-3H3/t28-/m0/s1. The van der Waals surface area contributed by atoms with E-state index in [0.717, 1.165) is 67.8 Å². The van der Waals surface area contributed by atoms with Gasteiger partial charge in [0.25, 0.3) is 5.91 Å². The molecular weight excluding hydrogens is 478 g/mol. The van der Waals surface area contributed by atoms with Crippen molar-refractivity contribution in [3.63, 3.8) is 0 Å². The maximum absolute atomic E-state index is 13.9. The van der Waals surface area contributed by atoms with Crippen molar-refractivity contribution in [3.05, 3.63) is 71.0 Å². The van der Waals surface area contributed by atoms with Gasteiger partial charge in [0, 0.05) is 30.5 Å². The summed E-state index contributed by atoms with van der Waals surface area (Å²) >= 11 is 0. The number of ether oxygens (including phenoxy) is 3. The van der Waals surface area contributed by atoms with Crippen molar-refractivity contribution in [3.8, 4) is 17.2 Å². The number of hydrogen-bond donors (Lipinski definition) is 0. The van der Waals surface area contributed by atoms with Crippen molar-refractivity contribution in [1.29, 1.82) is 0 Å². The molecule has 2 aliphatic rings. The quantitative estimate of drug-likeness (QED) is 0.347. The lowest BCUT2D eigenvalue weighted by molar-refractivity contribution is -0.0114. The van der Waals surface area contributed by atoms with Gasteiger partial charge in [0.15, 0.2) is 11.5 Å². The summed E-state index contributed by atoms with van der Waals surface area (Å²) in [5.74, 6) is 1.44. The van der Waals surface area contributed by atoms with E-state index in [2.05, 4.69) is 5.10 Å². The van der Waals surface area contributed by atoms with Gasteiger partial charge in [-0.05, 0) is 87.9 Å². The number of aryl methyl sites for hydroxylation is 2. The molecule has 2 aromatic carbocycles. The van der Waals surface area contributed by atoms with Crippen molar-refractivity contribution >= 4 is 5.91 Å². The first-order chi connectivity index (χ1) is 18.5. The van der Waals surface area contributed by atoms with Gasteiger partial charge in [0.2, 0.25) is 0 Å². The van der Waals surface area contributed by atoms with Crippen LogP contribution in [-0.4, -0.2) is 53.1 Å². The van der Waals surface area contributed by atoms with E-state index < -0.39 is 0 Å². The molecule has 2 heterocycles. The van der Waals surface area contributed by atoms with Crippen LogP contribution in [0.3, 0.4) is 0 Å². The average Bonchev–Trinajstić information content (AvgIpc) is 3.60. The Balaban J connectivity index is 1.35. The van der Waals surface area contributed by atoms with E-state index in [1.807, 2.05) is 72.0 Å². The maximum Gasteiger partial charge on any atom is 0.254 e. The largest absolute Gasteiger partial charge is 0.493 e. The van der Waals surface area contributed by atoms with Crippen LogP contribution in [0.2, 0.25) is 0 Å². The number of aromatic nitrogens is 2. The Morgan fingerprint density at radius 1 is 1.03 bits per heavy atom. The lowest BCUT2D eigenvalue weighted by atomic mass is 10.1. The molecule has 5 rings (SSSR count). The maximum atomic E-state index is 13.9. The van der Waals surface area contributed by atoms with Crippen molar-refractivity contribution in [1.82, 2.24) is 14.7 Å². The fourth-order valence-corrected chi connectivity index (χ4v) is 5.66. The topological polar surface area (TPSA) is 65.8 Å². The number of hydrogen-bond acceptors (Lipinski definition) is 5. The number of benzene rings is 2. The van der Waals surface area contributed by atoms with Crippen LogP contribution in [-0.2, 0) is 11.3 Å². The molecule has 7 heteroatoms. The third-order valence-electron chi connectivity index (χ3n) is 7.65. The number of carbonyl (C=O) groups is 1. The van der Waals surface area contributed by atoms with Gasteiger partial charge in [-0.1, -0.05) is 25.0 Å². The Labute approximate surface area is 225 Å². The molecule has 1 atom stereocenters. The predicted molar refractivity (Wildman–Crippen MR) is 147 cm³/mol. The second kappa shape index (κ2) is 12.0. The van der Waals surface area contributed by atoms with Gasteiger partial charge in [0.1, 0.15) is 6.61 Å². The van der Waals surface area contributed by atoms with Crippen LogP contribution in [0.15, 0.2) is 48.5 Å². The zero-order chi connectivity index (χ0) is 26.5. The van der Waals surface area contributed by atoms with Crippen molar-refractivity contribution < 1.29 is 19.0 Å². The molecule has 202 valence electrons. The fraction of sp³-hybridized carbons (Fsp3) is 0.484. The van der Waals surface area contributed by atoms with Gasteiger partial charge < -0.3 is 19.1 Å². The van der Waals surface area contributed by atoms with E-state index in [9.17, 15) is 4.79 Å². The van der Waals surface area contributed by atoms with Gasteiger partial charge in [-0.3, -0.25) is 4.79 Å². The fourth-order valence-electron chi connectivity index (χ4n) is 5.66. The van der Waals surface area contributed by atoms with E-state index in [0.29, 0.717) is 30.2 Å². The van der Waals surface area contributed by atoms with E-state index in [1.165, 1.54) is 6.42 Å². The molecular formula is C31H39N3O4. The number of amides is 1. The summed E-state index contributed by atoms with van der Waals surface area (Å²) in [5.41, 5.74) is 4.61. The van der Waals surface area contributed by atoms with Crippen LogP contribution in [0, 0.1) is 13.8 Å². The Hall–Kier alpha value is -3.32. The Morgan fingerprint density at radius 3 is 2.55 bits per heavy atom. The van der Waals surface area contributed by atoms with Crippen LogP contribution in [0.5, 0.6) is 11.5 Å². The molecule has 1 aliphatic carbocycles. The minimum Gasteiger partial charge on any atom is -0.493 e. The Kier molecular flexibility index (Phi) is 8.32. The summed E-state index contributed by atoms with van der Waals surface area (Å²) in [5, 5.41) is 4.60. The number of rotatable bonds is 9. The van der Waals surface area contributed by atoms with Crippen LogP contribution in [0.1, 0.15) is 72.3 Å². The van der Waals surface area contributed by atoms with Gasteiger partial charge in [-0.25, -0.2) is 4.68 Å². The molecule has 1 aromatic heterocycles. The summed E-state index contributed by atoms with van der Waals surface area (Å²) in [6, 6.07) is 16.1. The third-order valence-corrected chi connectivity index (χ3v) is 7.65. The summed E-state index contributed by atoms with van der Waals surface area (Å²) in [6.45, 7) is 5.86. The second-order valence-electron chi connectivity index (χ2n) is 10.5. The zero-order valence-electron chi connectivity index (χ0n) is 22.8. The molecule has 0 N–H and O–H groups in total. The summed E-state index contributed by atoms with van der Waals surface area (Å²) in [4.78, 5) is 16.0. The first-order valence-electron chi connectivity index (χ1n) is 13.9. The second-order valence-corrected chi connectivity index (χ2v) is 10.5. The van der Waals surface area contributed by atoms with Gasteiger partial charge in [0.05, 0.1) is 24.6 Å². The van der Waals surface area contributed by atoms with Crippen molar-refractivity contribution in [2.24, 2.45) is 0 Å². The highest BCUT2D eigenvalue weighted by Crippen LogP contribution is 2.32. The van der Waals surface area contributed by atoms with Crippen LogP contribution in [0.25, 0.3) is 5.69 Å². The molecule has 38 heavy (non-hydrogen) atoms. The molecule has 2 fully saturated rings. The van der Waals surface area contributed by atoms with E-state index in [1.54, 1.807) is 7.11 Å². The lowest BCUT2D eigenvalue weighted by Gasteiger charge is -2.30. The normalized spacial score (nSPS) is 17.9. The zero-order valence-corrected chi connectivity index (χ0v) is 22.8. The Morgan fingerprint density at radius 2 is 1.84 bits per heavy atom. The molecule has 7 nitrogen and oxygen atoms in total. The van der Waals surface area contributed by atoms with Crippen LogP contribution in [0.4, 0.5) is 0 Å². The molecule has 1 saturated heterocycles. The minimum absolute atomic E-state index is 0.0500. The highest BCUT2D eigenvalue weighted by molar-refractivity contribution is 5.95. The number of carbonyl (C=O) groups excluding carboxylic acids is 1. The average molecular weight is 518 g/mol. The molecule has 1 aliphatic heterocycles. The summed E-state index contributed by atoms with van der Waals surface area (Å²) in [6.07, 6.45) is 7.83. The lowest BCUT2D eigenvalue weighted by Crippen LogP contribution is -2.38. The van der Waals surface area contributed by atoms with Crippen LogP contribution >= 0.6 is 0 Å². The molecule has 0 unspecified atom stereocenters. The van der Waals surface area contributed by atoms with E-state index in [4.69, 9.17) is 14.2 Å². The molecule has 3 aromatic rings. The smallest absolute Gasteiger partial charge is 0.254 e. The first-order valence-corrected chi connectivity index (χ1v) is 13.9. The molecule has 1 saturated carbocycles. The Bertz CT molecular complexity index is 1240. The van der Waals surface area contributed by atoms with Gasteiger partial charge in [-0.15, -0.1) is 0 Å². The molecule has 0 spiro atoms. The first kappa shape index (κ1) is 26.3. The van der Waals surface area contributed by atoms with E-state index >= 15 is 0 Å². The monoisotopic (exact) mass is 517 g/mol. The SMILES string of the molecule is COc1cc(CN(C(=O)c2cccc(-n3nc(C)cc3C)c2)C2CCCC2)ccc1OC[C@@H]1CCCCO1. The van der Waals surface area contributed by atoms with Gasteiger partial charge >= 0.3 is 0 Å². The summed E-state index contributed by atoms with van der Waals surface area (Å²) in [7, 11) is 1.66. The summed E-state index contributed by atoms with van der Waals surface area (Å²) < 4.78 is 19.4. The number of methoxy groups -OCH3 is 1. The molecule has 0 bridgehead atoms. The highest BCUT2D eigenvalue weighted by atomic mass is 16.5. The van der Waals surface area contributed by atoms with Gasteiger partial charge in [-0.2, -0.15) is 5.10 Å². The highest BCUT2D eigenvalue weighted by Gasteiger charge is 2.28. The van der Waals surface area contributed by atoms with Crippen molar-refractivity contribution in [2.75, 3.05) is 20.3 Å².